The summed E-state index contributed by atoms with van der Waals surface area (Å²) in [5.74, 6) is -0.501. The minimum Gasteiger partial charge on any atom is -0.357 e. The van der Waals surface area contributed by atoms with Crippen LogP contribution in [0.25, 0.3) is 11.1 Å². The van der Waals surface area contributed by atoms with Gasteiger partial charge in [-0.3, -0.25) is 20.4 Å². The summed E-state index contributed by atoms with van der Waals surface area (Å²) in [6, 6.07) is 5.06. The molecule has 2 amide bonds. The molecule has 8 nitrogen and oxygen atoms in total. The average molecular weight is 325 g/mol. The number of aromatic amines is 1. The Balaban J connectivity index is 1.61. The summed E-state index contributed by atoms with van der Waals surface area (Å²) < 4.78 is 5.21. The van der Waals surface area contributed by atoms with Crippen LogP contribution in [0.4, 0.5) is 0 Å². The smallest absolute Gasteiger partial charge is 0.286 e. The van der Waals surface area contributed by atoms with Gasteiger partial charge in [0, 0.05) is 17.8 Å². The first-order valence-electron chi connectivity index (χ1n) is 7.64. The van der Waals surface area contributed by atoms with Crippen molar-refractivity contribution >= 4 is 22.9 Å². The second-order valence-corrected chi connectivity index (χ2v) is 5.81. The molecule has 0 aromatic carbocycles. The molecule has 122 valence electrons. The molecule has 3 heterocycles. The van der Waals surface area contributed by atoms with Crippen molar-refractivity contribution in [2.45, 2.75) is 25.7 Å². The lowest BCUT2D eigenvalue weighted by molar-refractivity contribution is 0.0845. The lowest BCUT2D eigenvalue weighted by atomic mass is 10.1. The molecular weight excluding hydrogens is 310 g/mol. The van der Waals surface area contributed by atoms with Crippen LogP contribution in [0, 0.1) is 6.92 Å². The maximum atomic E-state index is 12.5. The largest absolute Gasteiger partial charge is 0.357 e. The first kappa shape index (κ1) is 14.4. The lowest BCUT2D eigenvalue weighted by Gasteiger charge is -2.08. The van der Waals surface area contributed by atoms with Crippen LogP contribution in [0.2, 0.25) is 0 Å². The molecular formula is C16H15N5O3. The van der Waals surface area contributed by atoms with E-state index >= 15 is 0 Å². The molecule has 0 unspecified atom stereocenters. The van der Waals surface area contributed by atoms with Crippen LogP contribution >= 0.6 is 0 Å². The van der Waals surface area contributed by atoms with Crippen molar-refractivity contribution in [2.75, 3.05) is 0 Å². The van der Waals surface area contributed by atoms with Gasteiger partial charge in [0.2, 0.25) is 0 Å². The van der Waals surface area contributed by atoms with E-state index in [0.717, 1.165) is 18.5 Å². The van der Waals surface area contributed by atoms with Gasteiger partial charge in [-0.2, -0.15) is 0 Å². The van der Waals surface area contributed by atoms with Crippen molar-refractivity contribution in [1.82, 2.24) is 26.0 Å². The zero-order valence-corrected chi connectivity index (χ0v) is 12.9. The number of carbonyl (C=O) groups excluding carboxylic acids is 2. The maximum Gasteiger partial charge on any atom is 0.286 e. The second kappa shape index (κ2) is 5.48. The number of rotatable bonds is 3. The van der Waals surface area contributed by atoms with E-state index in [1.807, 2.05) is 0 Å². The number of hydrogen-bond acceptors (Lipinski definition) is 5. The predicted octanol–water partition coefficient (Wildman–Crippen LogP) is 1.81. The number of aromatic nitrogens is 3. The van der Waals surface area contributed by atoms with Crippen molar-refractivity contribution in [2.24, 2.45) is 0 Å². The highest BCUT2D eigenvalue weighted by molar-refractivity contribution is 6.07. The van der Waals surface area contributed by atoms with Crippen LogP contribution in [0.1, 0.15) is 51.0 Å². The molecule has 1 fully saturated rings. The summed E-state index contributed by atoms with van der Waals surface area (Å²) in [5, 5.41) is 4.45. The van der Waals surface area contributed by atoms with Crippen LogP contribution < -0.4 is 10.9 Å². The standard InChI is InChI=1S/C16H15N5O3/c1-8-13-10(7-12(9-4-5-9)18-16(13)24-21-8)14(22)19-20-15(23)11-3-2-6-17-11/h2-3,6-7,9,17H,4-5H2,1H3,(H,19,22)(H,20,23). The zero-order chi connectivity index (χ0) is 16.7. The molecule has 1 aliphatic carbocycles. The molecule has 8 heteroatoms. The van der Waals surface area contributed by atoms with Crippen LogP contribution in [0.3, 0.4) is 0 Å². The van der Waals surface area contributed by atoms with Gasteiger partial charge < -0.3 is 9.51 Å². The van der Waals surface area contributed by atoms with Crippen LogP contribution in [-0.2, 0) is 0 Å². The van der Waals surface area contributed by atoms with Gasteiger partial charge in [0.25, 0.3) is 17.5 Å². The second-order valence-electron chi connectivity index (χ2n) is 5.81. The summed E-state index contributed by atoms with van der Waals surface area (Å²) in [4.78, 5) is 31.7. The molecule has 3 aromatic heterocycles. The molecule has 24 heavy (non-hydrogen) atoms. The van der Waals surface area contributed by atoms with Crippen molar-refractivity contribution in [3.05, 3.63) is 47.0 Å². The number of amides is 2. The van der Waals surface area contributed by atoms with Gasteiger partial charge >= 0.3 is 0 Å². The molecule has 1 aliphatic rings. The number of H-pyrrole nitrogens is 1. The molecule has 0 spiro atoms. The molecule has 4 rings (SSSR count). The van der Waals surface area contributed by atoms with Gasteiger partial charge in [-0.05, 0) is 38.0 Å². The van der Waals surface area contributed by atoms with E-state index in [-0.39, 0.29) is 0 Å². The normalized spacial score (nSPS) is 13.9. The number of hydrazine groups is 1. The summed E-state index contributed by atoms with van der Waals surface area (Å²) in [6.07, 6.45) is 3.73. The Morgan fingerprint density at radius 1 is 1.29 bits per heavy atom. The number of fused-ring (bicyclic) bond motifs is 1. The third-order valence-corrected chi connectivity index (χ3v) is 4.01. The van der Waals surface area contributed by atoms with Crippen molar-refractivity contribution < 1.29 is 14.1 Å². The molecule has 3 N–H and O–H groups in total. The fourth-order valence-electron chi connectivity index (χ4n) is 2.60. The number of carbonyl (C=O) groups is 2. The summed E-state index contributed by atoms with van der Waals surface area (Å²) in [5.41, 5.74) is 7.31. The highest BCUT2D eigenvalue weighted by Gasteiger charge is 2.28. The Morgan fingerprint density at radius 2 is 2.08 bits per heavy atom. The van der Waals surface area contributed by atoms with E-state index in [4.69, 9.17) is 4.52 Å². The Labute approximate surface area is 136 Å². The predicted molar refractivity (Wildman–Crippen MR) is 84.2 cm³/mol. The van der Waals surface area contributed by atoms with Gasteiger partial charge in [0.05, 0.1) is 16.6 Å². The lowest BCUT2D eigenvalue weighted by Crippen LogP contribution is -2.41. The molecule has 0 atom stereocenters. The van der Waals surface area contributed by atoms with Crippen molar-refractivity contribution in [3.63, 3.8) is 0 Å². The number of aryl methyl sites for hydroxylation is 1. The molecule has 0 saturated heterocycles. The number of nitrogens with one attached hydrogen (secondary N) is 3. The van der Waals surface area contributed by atoms with Gasteiger partial charge in [-0.25, -0.2) is 4.98 Å². The van der Waals surface area contributed by atoms with Crippen molar-refractivity contribution in [1.29, 1.82) is 0 Å². The molecule has 0 aliphatic heterocycles. The Hall–Kier alpha value is -3.16. The fourth-order valence-corrected chi connectivity index (χ4v) is 2.60. The summed E-state index contributed by atoms with van der Waals surface area (Å²) >= 11 is 0. The third-order valence-electron chi connectivity index (χ3n) is 4.01. The summed E-state index contributed by atoms with van der Waals surface area (Å²) in [6.45, 7) is 1.75. The van der Waals surface area contributed by atoms with E-state index < -0.39 is 11.8 Å². The Kier molecular flexibility index (Phi) is 3.30. The Bertz CT molecular complexity index is 925. The van der Waals surface area contributed by atoms with E-state index in [1.54, 1.807) is 31.3 Å². The molecule has 3 aromatic rings. The van der Waals surface area contributed by atoms with E-state index in [0.29, 0.717) is 34.0 Å². The average Bonchev–Trinajstić information content (AvgIpc) is 3.16. The van der Waals surface area contributed by atoms with Crippen molar-refractivity contribution in [3.8, 4) is 0 Å². The zero-order valence-electron chi connectivity index (χ0n) is 12.9. The van der Waals surface area contributed by atoms with Gasteiger partial charge in [0.1, 0.15) is 5.69 Å². The minimum absolute atomic E-state index is 0.345. The summed E-state index contributed by atoms with van der Waals surface area (Å²) in [7, 11) is 0. The third kappa shape index (κ3) is 2.51. The number of nitrogens with zero attached hydrogens (tertiary/aromatic N) is 2. The van der Waals surface area contributed by atoms with Gasteiger partial charge in [-0.15, -0.1) is 0 Å². The molecule has 0 bridgehead atoms. The number of pyridine rings is 1. The minimum atomic E-state index is -0.435. The van der Waals surface area contributed by atoms with E-state index in [1.165, 1.54) is 0 Å². The highest BCUT2D eigenvalue weighted by atomic mass is 16.5. The topological polar surface area (TPSA) is 113 Å². The monoisotopic (exact) mass is 325 g/mol. The first-order chi connectivity index (χ1) is 11.6. The molecule has 0 radical (unpaired) electrons. The van der Waals surface area contributed by atoms with E-state index in [2.05, 4.69) is 26.0 Å². The molecule has 1 saturated carbocycles. The fraction of sp³-hybridized carbons (Fsp3) is 0.250. The van der Waals surface area contributed by atoms with Crippen LogP contribution in [0.5, 0.6) is 0 Å². The Morgan fingerprint density at radius 3 is 2.79 bits per heavy atom. The SMILES string of the molecule is Cc1noc2nc(C3CC3)cc(C(=O)NNC(=O)c3ccc[nH]3)c12. The van der Waals surface area contributed by atoms with Gasteiger partial charge in [-0.1, -0.05) is 5.16 Å². The van der Waals surface area contributed by atoms with Crippen LogP contribution in [0.15, 0.2) is 28.9 Å². The van der Waals surface area contributed by atoms with E-state index in [9.17, 15) is 9.59 Å². The first-order valence-corrected chi connectivity index (χ1v) is 7.64. The number of hydrogen-bond donors (Lipinski definition) is 3. The maximum absolute atomic E-state index is 12.5. The van der Waals surface area contributed by atoms with Crippen LogP contribution in [-0.4, -0.2) is 26.9 Å². The quantitative estimate of drug-likeness (QED) is 0.636. The van der Waals surface area contributed by atoms with Gasteiger partial charge in [0.15, 0.2) is 0 Å². The highest BCUT2D eigenvalue weighted by Crippen LogP contribution is 2.40.